The van der Waals surface area contributed by atoms with Crippen molar-refractivity contribution in [2.45, 2.75) is 36.0 Å². The SMILES string of the molecule is COc1c(C#N)cc2ccccc2c1C(=O)N(C)C[C@@H](CCN1CCC(c2ccc(N)cc2S(C)=O)CC1)c1ccc(Cl)c(Cl)c1. The van der Waals surface area contributed by atoms with Crippen LogP contribution in [0.15, 0.2) is 71.6 Å². The van der Waals surface area contributed by atoms with E-state index in [1.807, 2.05) is 54.6 Å². The Balaban J connectivity index is 1.34. The molecule has 1 heterocycles. The molecular formula is C36H38Cl2N4O3S. The third-order valence-corrected chi connectivity index (χ3v) is 10.7. The average molecular weight is 678 g/mol. The van der Waals surface area contributed by atoms with E-state index < -0.39 is 10.8 Å². The van der Waals surface area contributed by atoms with Crippen LogP contribution in [0.5, 0.6) is 5.75 Å². The minimum absolute atomic E-state index is 0.0240. The zero-order valence-electron chi connectivity index (χ0n) is 26.3. The van der Waals surface area contributed by atoms with Gasteiger partial charge < -0.3 is 20.3 Å². The smallest absolute Gasteiger partial charge is 0.258 e. The van der Waals surface area contributed by atoms with Crippen molar-refractivity contribution in [1.82, 2.24) is 9.80 Å². The Morgan fingerprint density at radius 3 is 2.52 bits per heavy atom. The second-order valence-electron chi connectivity index (χ2n) is 11.9. The van der Waals surface area contributed by atoms with Crippen LogP contribution in [0.25, 0.3) is 10.8 Å². The van der Waals surface area contributed by atoms with E-state index in [2.05, 4.69) is 11.0 Å². The highest BCUT2D eigenvalue weighted by molar-refractivity contribution is 7.84. The van der Waals surface area contributed by atoms with Gasteiger partial charge in [-0.05, 0) is 97.0 Å². The van der Waals surface area contributed by atoms with E-state index in [1.165, 1.54) is 7.11 Å². The summed E-state index contributed by atoms with van der Waals surface area (Å²) in [5.41, 5.74) is 9.45. The monoisotopic (exact) mass is 676 g/mol. The van der Waals surface area contributed by atoms with Crippen LogP contribution in [0.2, 0.25) is 10.0 Å². The summed E-state index contributed by atoms with van der Waals surface area (Å²) in [4.78, 5) is 19.1. The molecule has 240 valence electrons. The minimum atomic E-state index is -1.10. The first-order valence-corrected chi connectivity index (χ1v) is 17.6. The molecule has 7 nitrogen and oxygen atoms in total. The lowest BCUT2D eigenvalue weighted by Crippen LogP contribution is -2.36. The Hall–Kier alpha value is -3.61. The predicted molar refractivity (Wildman–Crippen MR) is 188 cm³/mol. The lowest BCUT2D eigenvalue weighted by molar-refractivity contribution is 0.0780. The van der Waals surface area contributed by atoms with Gasteiger partial charge in [-0.3, -0.25) is 9.00 Å². The average Bonchev–Trinajstić information content (AvgIpc) is 3.06. The second-order valence-corrected chi connectivity index (χ2v) is 14.0. The van der Waals surface area contributed by atoms with Crippen LogP contribution >= 0.6 is 23.2 Å². The van der Waals surface area contributed by atoms with Gasteiger partial charge in [0.1, 0.15) is 11.8 Å². The highest BCUT2D eigenvalue weighted by Gasteiger charge is 2.28. The Labute approximate surface area is 283 Å². The van der Waals surface area contributed by atoms with Crippen molar-refractivity contribution in [2.24, 2.45) is 0 Å². The van der Waals surface area contributed by atoms with Crippen LogP contribution < -0.4 is 10.5 Å². The van der Waals surface area contributed by atoms with E-state index in [0.717, 1.165) is 65.7 Å². The summed E-state index contributed by atoms with van der Waals surface area (Å²) in [5.74, 6) is 0.371. The zero-order chi connectivity index (χ0) is 33.0. The number of fused-ring (bicyclic) bond motifs is 1. The Morgan fingerprint density at radius 1 is 1.11 bits per heavy atom. The first kappa shape index (κ1) is 33.7. The van der Waals surface area contributed by atoms with Crippen molar-refractivity contribution in [3.63, 3.8) is 0 Å². The summed E-state index contributed by atoms with van der Waals surface area (Å²) in [6.45, 7) is 3.10. The van der Waals surface area contributed by atoms with Crippen LogP contribution in [0.3, 0.4) is 0 Å². The molecule has 2 N–H and O–H groups in total. The number of carbonyl (C=O) groups excluding carboxylic acids is 1. The summed E-state index contributed by atoms with van der Waals surface area (Å²) in [5, 5.41) is 12.3. The molecule has 0 spiro atoms. The number of anilines is 1. The molecule has 4 aromatic rings. The van der Waals surface area contributed by atoms with Crippen LogP contribution in [-0.4, -0.2) is 66.5 Å². The largest absolute Gasteiger partial charge is 0.495 e. The van der Waals surface area contributed by atoms with E-state index >= 15 is 0 Å². The van der Waals surface area contributed by atoms with Gasteiger partial charge >= 0.3 is 0 Å². The number of nitrogens with zero attached hydrogens (tertiary/aromatic N) is 3. The van der Waals surface area contributed by atoms with Crippen molar-refractivity contribution in [3.05, 3.63) is 99.0 Å². The molecule has 10 heteroatoms. The topological polar surface area (TPSA) is 99.7 Å². The molecule has 1 fully saturated rings. The van der Waals surface area contributed by atoms with Crippen LogP contribution in [0, 0.1) is 11.3 Å². The molecule has 4 aromatic carbocycles. The third kappa shape index (κ3) is 7.34. The molecule has 0 saturated carbocycles. The predicted octanol–water partition coefficient (Wildman–Crippen LogP) is 7.47. The number of hydrogen-bond donors (Lipinski definition) is 1. The van der Waals surface area contributed by atoms with Gasteiger partial charge in [-0.15, -0.1) is 0 Å². The van der Waals surface area contributed by atoms with Gasteiger partial charge in [-0.1, -0.05) is 59.6 Å². The van der Waals surface area contributed by atoms with Crippen molar-refractivity contribution < 1.29 is 13.7 Å². The number of hydrogen-bond acceptors (Lipinski definition) is 6. The molecular weight excluding hydrogens is 639 g/mol. The molecule has 0 aromatic heterocycles. The van der Waals surface area contributed by atoms with Gasteiger partial charge in [0.25, 0.3) is 5.91 Å². The summed E-state index contributed by atoms with van der Waals surface area (Å²) in [6, 6.07) is 22.9. The van der Waals surface area contributed by atoms with Crippen molar-refractivity contribution in [3.8, 4) is 11.8 Å². The highest BCUT2D eigenvalue weighted by atomic mass is 35.5. The molecule has 0 bridgehead atoms. The fraction of sp³-hybridized carbons (Fsp3) is 0.333. The maximum Gasteiger partial charge on any atom is 0.258 e. The number of nitriles is 1. The van der Waals surface area contributed by atoms with Crippen molar-refractivity contribution in [1.29, 1.82) is 5.26 Å². The van der Waals surface area contributed by atoms with Gasteiger partial charge in [0, 0.05) is 36.3 Å². The molecule has 46 heavy (non-hydrogen) atoms. The number of rotatable bonds is 10. The summed E-state index contributed by atoms with van der Waals surface area (Å²) in [6.07, 6.45) is 4.43. The molecule has 1 amide bonds. The molecule has 0 aliphatic carbocycles. The van der Waals surface area contributed by atoms with Gasteiger partial charge in [0.2, 0.25) is 0 Å². The normalized spacial score (nSPS) is 15.3. The number of ether oxygens (including phenoxy) is 1. The van der Waals surface area contributed by atoms with E-state index in [4.69, 9.17) is 33.7 Å². The maximum absolute atomic E-state index is 14.1. The van der Waals surface area contributed by atoms with Crippen LogP contribution in [0.4, 0.5) is 5.69 Å². The quantitative estimate of drug-likeness (QED) is 0.175. The number of likely N-dealkylation sites (tertiary alicyclic amines) is 1. The number of carbonyl (C=O) groups is 1. The fourth-order valence-electron chi connectivity index (χ4n) is 6.51. The fourth-order valence-corrected chi connectivity index (χ4v) is 7.69. The summed E-state index contributed by atoms with van der Waals surface area (Å²) in [7, 11) is 2.17. The molecule has 0 radical (unpaired) electrons. The standard InChI is InChI=1S/C36H38Cl2N4O3S/c1-41(36(43)34-30-7-5-4-6-25(30)18-27(21-39)35(34)45-2)22-26(24-8-11-31(37)32(38)19-24)14-17-42-15-12-23(13-16-42)29-10-9-28(40)20-33(29)46(3)44/h4-11,18-20,23,26H,12-17,22,40H2,1-3H3/t26-,46?/m1/s1. The summed E-state index contributed by atoms with van der Waals surface area (Å²) >= 11 is 12.7. The zero-order valence-corrected chi connectivity index (χ0v) is 28.6. The Bertz CT molecular complexity index is 1820. The second kappa shape index (κ2) is 14.9. The van der Waals surface area contributed by atoms with Gasteiger partial charge in [-0.2, -0.15) is 5.26 Å². The van der Waals surface area contributed by atoms with Crippen molar-refractivity contribution in [2.75, 3.05) is 52.3 Å². The van der Waals surface area contributed by atoms with E-state index in [-0.39, 0.29) is 17.6 Å². The minimum Gasteiger partial charge on any atom is -0.495 e. The number of likely N-dealkylation sites (N-methyl/N-ethyl adjacent to an activating group) is 1. The van der Waals surface area contributed by atoms with E-state index in [9.17, 15) is 14.3 Å². The lowest BCUT2D eigenvalue weighted by Gasteiger charge is -2.34. The number of piperidine rings is 1. The lowest BCUT2D eigenvalue weighted by atomic mass is 9.88. The number of halogens is 2. The van der Waals surface area contributed by atoms with Gasteiger partial charge in [0.05, 0.1) is 39.1 Å². The molecule has 2 atom stereocenters. The van der Waals surface area contributed by atoms with Crippen LogP contribution in [0.1, 0.15) is 58.1 Å². The first-order chi connectivity index (χ1) is 22.1. The molecule has 1 aliphatic rings. The van der Waals surface area contributed by atoms with Crippen molar-refractivity contribution >= 4 is 56.4 Å². The number of methoxy groups -OCH3 is 1. The van der Waals surface area contributed by atoms with Crippen LogP contribution in [-0.2, 0) is 10.8 Å². The molecule has 1 aliphatic heterocycles. The Kier molecular flexibility index (Phi) is 10.9. The molecule has 5 rings (SSSR count). The van der Waals surface area contributed by atoms with E-state index in [0.29, 0.717) is 39.3 Å². The third-order valence-electron chi connectivity index (χ3n) is 8.96. The Morgan fingerprint density at radius 2 is 1.85 bits per heavy atom. The molecule has 1 unspecified atom stereocenters. The molecule has 1 saturated heterocycles. The number of nitrogens with two attached hydrogens (primary N) is 1. The highest BCUT2D eigenvalue weighted by Crippen LogP contribution is 2.36. The summed E-state index contributed by atoms with van der Waals surface area (Å²) < 4.78 is 18.0. The number of benzene rings is 4. The van der Waals surface area contributed by atoms with Gasteiger partial charge in [0.15, 0.2) is 0 Å². The van der Waals surface area contributed by atoms with Gasteiger partial charge in [-0.25, -0.2) is 0 Å². The first-order valence-electron chi connectivity index (χ1n) is 15.3. The number of amides is 1. The number of nitrogen functional groups attached to an aromatic ring is 1. The van der Waals surface area contributed by atoms with E-state index in [1.54, 1.807) is 30.3 Å². The maximum atomic E-state index is 14.1.